The predicted octanol–water partition coefficient (Wildman–Crippen LogP) is 3.27. The van der Waals surface area contributed by atoms with Crippen LogP contribution in [0.4, 0.5) is 0 Å². The number of aromatic nitrogens is 3. The number of pyridine rings is 1. The van der Waals surface area contributed by atoms with Crippen LogP contribution in [0.3, 0.4) is 0 Å². The number of nitrogens with zero attached hydrogens (tertiary/aromatic N) is 3. The van der Waals surface area contributed by atoms with Gasteiger partial charge in [-0.05, 0) is 48.2 Å². The Morgan fingerprint density at radius 3 is 2.95 bits per heavy atom. The molecule has 0 radical (unpaired) electrons. The Morgan fingerprint density at radius 2 is 2.35 bits per heavy atom. The minimum atomic E-state index is -0.832. The van der Waals surface area contributed by atoms with E-state index in [1.165, 1.54) is 18.2 Å². The second-order valence-electron chi connectivity index (χ2n) is 5.26. The lowest BCUT2D eigenvalue weighted by Gasteiger charge is -2.40. The highest BCUT2D eigenvalue weighted by Gasteiger charge is 2.37. The standard InChI is InChI=1S/C13H14BrN3O2S/c1-13(3-2-4-13)17-11-9(5-8(14)6-15-11)16-12(17)20-7-10(18)19/h5-6H,2-4,7H2,1H3,(H,18,19). The number of halogens is 1. The third-order valence-electron chi connectivity index (χ3n) is 3.73. The minimum Gasteiger partial charge on any atom is -0.481 e. The quantitative estimate of drug-likeness (QED) is 0.852. The van der Waals surface area contributed by atoms with Crippen molar-refractivity contribution < 1.29 is 9.90 Å². The van der Waals surface area contributed by atoms with E-state index < -0.39 is 5.97 Å². The van der Waals surface area contributed by atoms with Crippen molar-refractivity contribution in [2.45, 2.75) is 36.9 Å². The van der Waals surface area contributed by atoms with E-state index in [9.17, 15) is 4.79 Å². The number of aliphatic carboxylic acids is 1. The summed E-state index contributed by atoms with van der Waals surface area (Å²) in [4.78, 5) is 19.8. The van der Waals surface area contributed by atoms with Gasteiger partial charge in [0.1, 0.15) is 5.52 Å². The zero-order valence-electron chi connectivity index (χ0n) is 11.0. The maximum atomic E-state index is 10.8. The number of hydrogen-bond donors (Lipinski definition) is 1. The molecule has 1 fully saturated rings. The van der Waals surface area contributed by atoms with Gasteiger partial charge in [-0.25, -0.2) is 9.97 Å². The van der Waals surface area contributed by atoms with Gasteiger partial charge in [0.05, 0.1) is 5.75 Å². The van der Waals surface area contributed by atoms with Gasteiger partial charge in [-0.2, -0.15) is 0 Å². The lowest BCUT2D eigenvalue weighted by atomic mass is 9.78. The second-order valence-corrected chi connectivity index (χ2v) is 7.12. The van der Waals surface area contributed by atoms with Crippen molar-refractivity contribution in [1.29, 1.82) is 0 Å². The molecule has 0 unspecified atom stereocenters. The second kappa shape index (κ2) is 5.04. The van der Waals surface area contributed by atoms with Crippen LogP contribution < -0.4 is 0 Å². The molecule has 0 aliphatic heterocycles. The van der Waals surface area contributed by atoms with Gasteiger partial charge in [0.25, 0.3) is 0 Å². The normalized spacial score (nSPS) is 17.1. The number of imidazole rings is 1. The third-order valence-corrected chi connectivity index (χ3v) is 5.09. The third kappa shape index (κ3) is 2.33. The Kier molecular flexibility index (Phi) is 3.50. The largest absolute Gasteiger partial charge is 0.481 e. The van der Waals surface area contributed by atoms with Gasteiger partial charge in [-0.1, -0.05) is 11.8 Å². The van der Waals surface area contributed by atoms with E-state index in [0.29, 0.717) is 0 Å². The van der Waals surface area contributed by atoms with Crippen molar-refractivity contribution in [2.75, 3.05) is 5.75 Å². The average Bonchev–Trinajstić information content (AvgIpc) is 2.71. The molecule has 0 saturated heterocycles. The molecule has 0 spiro atoms. The van der Waals surface area contributed by atoms with Crippen LogP contribution in [-0.4, -0.2) is 31.4 Å². The summed E-state index contributed by atoms with van der Waals surface area (Å²) in [7, 11) is 0. The van der Waals surface area contributed by atoms with Gasteiger partial charge in [0.15, 0.2) is 10.8 Å². The van der Waals surface area contributed by atoms with Crippen molar-refractivity contribution >= 4 is 44.8 Å². The zero-order valence-corrected chi connectivity index (χ0v) is 13.4. The first-order valence-corrected chi connectivity index (χ1v) is 8.16. The van der Waals surface area contributed by atoms with Crippen molar-refractivity contribution in [3.05, 3.63) is 16.7 Å². The van der Waals surface area contributed by atoms with Crippen molar-refractivity contribution in [1.82, 2.24) is 14.5 Å². The SMILES string of the molecule is CC1(n2c(SCC(=O)O)nc3cc(Br)cnc32)CCC1. The van der Waals surface area contributed by atoms with Crippen LogP contribution in [0.1, 0.15) is 26.2 Å². The van der Waals surface area contributed by atoms with Gasteiger partial charge >= 0.3 is 5.97 Å². The fraction of sp³-hybridized carbons (Fsp3) is 0.462. The Hall–Kier alpha value is -1.08. The van der Waals surface area contributed by atoms with Gasteiger partial charge in [0.2, 0.25) is 0 Å². The first-order chi connectivity index (χ1) is 9.49. The van der Waals surface area contributed by atoms with Crippen molar-refractivity contribution in [3.8, 4) is 0 Å². The molecule has 20 heavy (non-hydrogen) atoms. The van der Waals surface area contributed by atoms with E-state index in [2.05, 4.69) is 37.4 Å². The Balaban J connectivity index is 2.11. The number of thioether (sulfide) groups is 1. The topological polar surface area (TPSA) is 68.0 Å². The van der Waals surface area contributed by atoms with Crippen LogP contribution in [0.2, 0.25) is 0 Å². The van der Waals surface area contributed by atoms with Crippen LogP contribution in [0, 0.1) is 0 Å². The molecule has 2 heterocycles. The van der Waals surface area contributed by atoms with Gasteiger partial charge < -0.3 is 5.11 Å². The lowest BCUT2D eigenvalue weighted by Crippen LogP contribution is -2.37. The molecule has 0 amide bonds. The molecule has 106 valence electrons. The predicted molar refractivity (Wildman–Crippen MR) is 81.1 cm³/mol. The van der Waals surface area contributed by atoms with E-state index in [1.54, 1.807) is 6.20 Å². The van der Waals surface area contributed by atoms with E-state index in [0.717, 1.165) is 33.6 Å². The summed E-state index contributed by atoms with van der Waals surface area (Å²) >= 11 is 4.66. The molecular weight excluding hydrogens is 342 g/mol. The molecule has 0 aromatic carbocycles. The van der Waals surface area contributed by atoms with Crippen LogP contribution in [-0.2, 0) is 10.3 Å². The molecule has 2 aromatic heterocycles. The molecule has 0 bridgehead atoms. The summed E-state index contributed by atoms with van der Waals surface area (Å²) in [5.74, 6) is -0.817. The van der Waals surface area contributed by atoms with Crippen LogP contribution >= 0.6 is 27.7 Å². The fourth-order valence-corrected chi connectivity index (χ4v) is 3.71. The number of carbonyl (C=O) groups is 1. The summed E-state index contributed by atoms with van der Waals surface area (Å²) in [5.41, 5.74) is 1.65. The first-order valence-electron chi connectivity index (χ1n) is 6.39. The van der Waals surface area contributed by atoms with Gasteiger partial charge in [-0.3, -0.25) is 9.36 Å². The van der Waals surface area contributed by atoms with Gasteiger partial charge in [0, 0.05) is 16.2 Å². The summed E-state index contributed by atoms with van der Waals surface area (Å²) in [6, 6.07) is 1.92. The van der Waals surface area contributed by atoms with Crippen molar-refractivity contribution in [3.63, 3.8) is 0 Å². The number of hydrogen-bond acceptors (Lipinski definition) is 4. The Morgan fingerprint density at radius 1 is 1.60 bits per heavy atom. The number of fused-ring (bicyclic) bond motifs is 1. The van der Waals surface area contributed by atoms with E-state index in [-0.39, 0.29) is 11.3 Å². The molecule has 3 rings (SSSR count). The molecule has 1 saturated carbocycles. The molecule has 5 nitrogen and oxygen atoms in total. The maximum absolute atomic E-state index is 10.8. The fourth-order valence-electron chi connectivity index (χ4n) is 2.54. The highest BCUT2D eigenvalue weighted by molar-refractivity contribution is 9.10. The molecule has 7 heteroatoms. The van der Waals surface area contributed by atoms with Gasteiger partial charge in [-0.15, -0.1) is 0 Å². The highest BCUT2D eigenvalue weighted by Crippen LogP contribution is 2.43. The molecule has 0 atom stereocenters. The van der Waals surface area contributed by atoms with Crippen LogP contribution in [0.25, 0.3) is 11.2 Å². The van der Waals surface area contributed by atoms with E-state index >= 15 is 0 Å². The minimum absolute atomic E-state index is 0.0103. The molecule has 1 N–H and O–H groups in total. The maximum Gasteiger partial charge on any atom is 0.313 e. The number of carboxylic acid groups (broad SMARTS) is 1. The molecule has 1 aliphatic carbocycles. The molecule has 1 aliphatic rings. The first kappa shape index (κ1) is 13.9. The van der Waals surface area contributed by atoms with Crippen LogP contribution in [0.5, 0.6) is 0 Å². The van der Waals surface area contributed by atoms with E-state index in [4.69, 9.17) is 5.11 Å². The summed E-state index contributed by atoms with van der Waals surface area (Å²) < 4.78 is 2.99. The van der Waals surface area contributed by atoms with E-state index in [1.807, 2.05) is 6.07 Å². The molecular formula is C13H14BrN3O2S. The van der Waals surface area contributed by atoms with Crippen LogP contribution in [0.15, 0.2) is 21.9 Å². The molecule has 2 aromatic rings. The van der Waals surface area contributed by atoms with Crippen molar-refractivity contribution in [2.24, 2.45) is 0 Å². The summed E-state index contributed by atoms with van der Waals surface area (Å²) in [6.07, 6.45) is 5.11. The zero-order chi connectivity index (χ0) is 14.3. The number of carboxylic acids is 1. The summed E-state index contributed by atoms with van der Waals surface area (Å²) in [5, 5.41) is 9.62. The monoisotopic (exact) mass is 355 g/mol. The average molecular weight is 356 g/mol. The Labute approximate surface area is 128 Å². The highest BCUT2D eigenvalue weighted by atomic mass is 79.9. The Bertz CT molecular complexity index is 682. The number of rotatable bonds is 4. The lowest BCUT2D eigenvalue weighted by molar-refractivity contribution is -0.133. The smallest absolute Gasteiger partial charge is 0.313 e. The summed E-state index contributed by atoms with van der Waals surface area (Å²) in [6.45, 7) is 2.19.